The second kappa shape index (κ2) is 5.48. The Balaban J connectivity index is 0.00000144. The summed E-state index contributed by atoms with van der Waals surface area (Å²) >= 11 is 0. The summed E-state index contributed by atoms with van der Waals surface area (Å²) in [6.45, 7) is 8.59. The van der Waals surface area contributed by atoms with Crippen LogP contribution in [0.2, 0.25) is 0 Å². The third kappa shape index (κ3) is 3.34. The topological polar surface area (TPSA) is 21.7 Å². The number of rotatable bonds is 3. The minimum atomic E-state index is 0. The molecule has 0 aromatic rings. The molecule has 0 N–H and O–H groups in total. The summed E-state index contributed by atoms with van der Waals surface area (Å²) in [4.78, 5) is 2.22. The molecule has 13 heavy (non-hydrogen) atoms. The zero-order chi connectivity index (χ0) is 9.19. The monoisotopic (exact) mass is 301 g/mol. The molecule has 0 spiro atoms. The lowest BCUT2D eigenvalue weighted by atomic mass is 10.1. The van der Waals surface area contributed by atoms with E-state index in [0.29, 0.717) is 6.61 Å². The van der Waals surface area contributed by atoms with Crippen LogP contribution in [0, 0.1) is 0 Å². The Morgan fingerprint density at radius 3 is 2.54 bits per heavy atom. The minimum absolute atomic E-state index is 0. The third-order valence-electron chi connectivity index (χ3n) is 2.48. The van der Waals surface area contributed by atoms with Gasteiger partial charge in [0.2, 0.25) is 0 Å². The first kappa shape index (κ1) is 13.6. The predicted octanol–water partition coefficient (Wildman–Crippen LogP) is 1.71. The molecule has 1 aliphatic rings. The predicted molar refractivity (Wildman–Crippen MR) is 63.5 cm³/mol. The molecule has 1 saturated heterocycles. The van der Waals surface area contributed by atoms with Gasteiger partial charge in [-0.3, -0.25) is 4.90 Å². The number of hydrogen-bond acceptors (Lipinski definition) is 3. The molecule has 0 radical (unpaired) electrons. The zero-order valence-corrected chi connectivity index (χ0v) is 11.2. The Labute approximate surface area is 97.8 Å². The van der Waals surface area contributed by atoms with Crippen LogP contribution in [0.1, 0.15) is 20.8 Å². The summed E-state index contributed by atoms with van der Waals surface area (Å²) in [6.07, 6.45) is 0.139. The van der Waals surface area contributed by atoms with Crippen molar-refractivity contribution in [2.75, 3.05) is 26.9 Å². The summed E-state index contributed by atoms with van der Waals surface area (Å²) in [6, 6.07) is 0. The van der Waals surface area contributed by atoms with E-state index in [0.717, 1.165) is 13.2 Å². The highest BCUT2D eigenvalue weighted by Crippen LogP contribution is 2.24. The largest absolute Gasteiger partial charge is 0.378 e. The van der Waals surface area contributed by atoms with Gasteiger partial charge in [0.1, 0.15) is 6.23 Å². The second-order valence-electron chi connectivity index (χ2n) is 3.85. The van der Waals surface area contributed by atoms with Gasteiger partial charge in [-0.1, -0.05) is 0 Å². The van der Waals surface area contributed by atoms with Gasteiger partial charge in [0.05, 0.1) is 13.2 Å². The van der Waals surface area contributed by atoms with E-state index in [1.165, 1.54) is 0 Å². The highest BCUT2D eigenvalue weighted by Gasteiger charge is 2.37. The van der Waals surface area contributed by atoms with Gasteiger partial charge < -0.3 is 9.47 Å². The summed E-state index contributed by atoms with van der Waals surface area (Å²) in [5, 5.41) is 0. The van der Waals surface area contributed by atoms with Gasteiger partial charge in [0, 0.05) is 12.1 Å². The van der Waals surface area contributed by atoms with Crippen molar-refractivity contribution in [3.8, 4) is 0 Å². The molecule has 0 aliphatic carbocycles. The minimum Gasteiger partial charge on any atom is -0.378 e. The van der Waals surface area contributed by atoms with Crippen molar-refractivity contribution in [1.82, 2.24) is 4.90 Å². The van der Waals surface area contributed by atoms with Gasteiger partial charge in [0.25, 0.3) is 0 Å². The van der Waals surface area contributed by atoms with Crippen molar-refractivity contribution >= 4 is 24.0 Å². The molecule has 80 valence electrons. The van der Waals surface area contributed by atoms with E-state index < -0.39 is 0 Å². The number of halogens is 1. The van der Waals surface area contributed by atoms with E-state index in [4.69, 9.17) is 9.47 Å². The number of nitrogens with zero attached hydrogens (tertiary/aromatic N) is 1. The van der Waals surface area contributed by atoms with Crippen molar-refractivity contribution in [3.05, 3.63) is 0 Å². The maximum absolute atomic E-state index is 5.58. The lowest BCUT2D eigenvalue weighted by molar-refractivity contribution is -0.0314. The summed E-state index contributed by atoms with van der Waals surface area (Å²) in [7, 11) is 2.08. The Bertz CT molecular complexity index is 153. The Morgan fingerprint density at radius 1 is 1.54 bits per heavy atom. The van der Waals surface area contributed by atoms with Crippen LogP contribution in [0.3, 0.4) is 0 Å². The molecule has 0 aromatic carbocycles. The first-order valence-electron chi connectivity index (χ1n) is 4.50. The van der Waals surface area contributed by atoms with E-state index >= 15 is 0 Å². The van der Waals surface area contributed by atoms with E-state index in [9.17, 15) is 0 Å². The van der Waals surface area contributed by atoms with Gasteiger partial charge >= 0.3 is 0 Å². The molecule has 1 aliphatic heterocycles. The highest BCUT2D eigenvalue weighted by atomic mass is 127. The summed E-state index contributed by atoms with van der Waals surface area (Å²) in [5.74, 6) is 0. The average Bonchev–Trinajstić information content (AvgIpc) is 2.26. The molecule has 1 heterocycles. The Hall–Kier alpha value is 0.610. The van der Waals surface area contributed by atoms with Crippen LogP contribution in [-0.2, 0) is 9.47 Å². The van der Waals surface area contributed by atoms with Crippen molar-refractivity contribution in [2.45, 2.75) is 32.5 Å². The van der Waals surface area contributed by atoms with Crippen LogP contribution in [0.4, 0.5) is 0 Å². The number of hydrogen-bond donors (Lipinski definition) is 0. The zero-order valence-electron chi connectivity index (χ0n) is 8.87. The first-order chi connectivity index (χ1) is 5.58. The van der Waals surface area contributed by atoms with Gasteiger partial charge in [-0.25, -0.2) is 0 Å². The molecule has 1 unspecified atom stereocenters. The van der Waals surface area contributed by atoms with Crippen molar-refractivity contribution in [3.63, 3.8) is 0 Å². The third-order valence-corrected chi connectivity index (χ3v) is 2.48. The first-order valence-corrected chi connectivity index (χ1v) is 4.50. The quantitative estimate of drug-likeness (QED) is 0.741. The van der Waals surface area contributed by atoms with E-state index in [-0.39, 0.29) is 35.7 Å². The fraction of sp³-hybridized carbons (Fsp3) is 1.00. The molecular weight excluding hydrogens is 281 g/mol. The smallest absolute Gasteiger partial charge is 0.134 e. The molecule has 1 rings (SSSR count). The number of ether oxygens (including phenoxy) is 2. The molecular formula is C9H20INO2. The molecule has 0 aromatic heterocycles. The lowest BCUT2D eigenvalue weighted by Crippen LogP contribution is -2.42. The Morgan fingerprint density at radius 2 is 2.15 bits per heavy atom. The van der Waals surface area contributed by atoms with Gasteiger partial charge in [-0.15, -0.1) is 24.0 Å². The van der Waals surface area contributed by atoms with Gasteiger partial charge in [-0.2, -0.15) is 0 Å². The summed E-state index contributed by atoms with van der Waals surface area (Å²) < 4.78 is 10.9. The van der Waals surface area contributed by atoms with Crippen molar-refractivity contribution in [2.24, 2.45) is 0 Å². The molecule has 1 fully saturated rings. The molecule has 1 atom stereocenters. The summed E-state index contributed by atoms with van der Waals surface area (Å²) in [5.41, 5.74) is 0.155. The van der Waals surface area contributed by atoms with E-state index in [2.05, 4.69) is 25.8 Å². The van der Waals surface area contributed by atoms with Crippen LogP contribution in [0.5, 0.6) is 0 Å². The lowest BCUT2D eigenvalue weighted by Gasteiger charge is -2.28. The van der Waals surface area contributed by atoms with Crippen LogP contribution in [0.25, 0.3) is 0 Å². The van der Waals surface area contributed by atoms with Crippen molar-refractivity contribution in [1.29, 1.82) is 0 Å². The molecule has 4 heteroatoms. The van der Waals surface area contributed by atoms with Crippen LogP contribution < -0.4 is 0 Å². The van der Waals surface area contributed by atoms with E-state index in [1.54, 1.807) is 0 Å². The van der Waals surface area contributed by atoms with Crippen molar-refractivity contribution < 1.29 is 9.47 Å². The molecule has 0 amide bonds. The maximum Gasteiger partial charge on any atom is 0.134 e. The molecule has 0 bridgehead atoms. The van der Waals surface area contributed by atoms with Crippen LogP contribution >= 0.6 is 24.0 Å². The van der Waals surface area contributed by atoms with Gasteiger partial charge in [0.15, 0.2) is 0 Å². The normalized spacial score (nSPS) is 27.2. The SMILES string of the molecule is CCOCC1OCC(C)(C)N1C.I. The standard InChI is InChI=1S/C9H19NO2.HI/c1-5-11-6-8-10(4)9(2,3)7-12-8;/h8H,5-7H2,1-4H3;1H. The van der Waals surface area contributed by atoms with E-state index in [1.807, 2.05) is 6.92 Å². The Kier molecular flexibility index (Phi) is 5.74. The van der Waals surface area contributed by atoms with Gasteiger partial charge in [-0.05, 0) is 27.8 Å². The fourth-order valence-electron chi connectivity index (χ4n) is 1.28. The highest BCUT2D eigenvalue weighted by molar-refractivity contribution is 14.0. The second-order valence-corrected chi connectivity index (χ2v) is 3.85. The molecule has 0 saturated carbocycles. The van der Waals surface area contributed by atoms with Crippen LogP contribution in [0.15, 0.2) is 0 Å². The van der Waals surface area contributed by atoms with Crippen LogP contribution in [-0.4, -0.2) is 43.5 Å². The average molecular weight is 301 g/mol. The fourth-order valence-corrected chi connectivity index (χ4v) is 1.28. The molecule has 3 nitrogen and oxygen atoms in total. The number of likely N-dealkylation sites (N-methyl/N-ethyl adjacent to an activating group) is 1. The maximum atomic E-state index is 5.58.